The van der Waals surface area contributed by atoms with Gasteiger partial charge in [0.05, 0.1) is 15.7 Å². The van der Waals surface area contributed by atoms with Gasteiger partial charge in [-0.3, -0.25) is 10.2 Å². The van der Waals surface area contributed by atoms with Crippen LogP contribution in [0.15, 0.2) is 94.0 Å². The number of hydrogen-bond acceptors (Lipinski definition) is 4. The fourth-order valence-electron chi connectivity index (χ4n) is 5.36. The van der Waals surface area contributed by atoms with E-state index in [-0.39, 0.29) is 16.9 Å². The lowest BCUT2D eigenvalue weighted by atomic mass is 9.64. The van der Waals surface area contributed by atoms with Gasteiger partial charge in [0.1, 0.15) is 11.5 Å². The molecule has 2 aromatic rings. The Hall–Kier alpha value is -3.31. The summed E-state index contributed by atoms with van der Waals surface area (Å²) in [4.78, 5) is 13.7. The largest absolute Gasteiger partial charge is 0.508 e. The van der Waals surface area contributed by atoms with Gasteiger partial charge in [0.15, 0.2) is 0 Å². The molecule has 0 bridgehead atoms. The number of ketones is 1. The van der Waals surface area contributed by atoms with Crippen molar-refractivity contribution in [2.45, 2.75) is 53.7 Å². The van der Waals surface area contributed by atoms with Gasteiger partial charge in [-0.05, 0) is 66.8 Å². The molecule has 5 heteroatoms. The molecule has 5 rings (SSSR count). The van der Waals surface area contributed by atoms with Gasteiger partial charge in [-0.15, -0.1) is 0 Å². The lowest BCUT2D eigenvalue weighted by molar-refractivity contribution is 0.106. The number of nitrogens with one attached hydrogen (secondary N) is 1. The Morgan fingerprint density at radius 2 is 1.65 bits per heavy atom. The fourth-order valence-corrected chi connectivity index (χ4v) is 6.58. The summed E-state index contributed by atoms with van der Waals surface area (Å²) in [5.41, 5.74) is 3.36. The Bertz CT molecular complexity index is 1310. The third kappa shape index (κ3) is 3.94. The van der Waals surface area contributed by atoms with Crippen LogP contribution < -0.4 is 0 Å². The maximum atomic E-state index is 13.5. The smallest absolute Gasteiger partial charge is 0.211 e. The second kappa shape index (κ2) is 9.15. The summed E-state index contributed by atoms with van der Waals surface area (Å²) in [6, 6.07) is 13.3. The van der Waals surface area contributed by atoms with E-state index in [9.17, 15) is 14.1 Å². The normalized spacial score (nSPS) is 20.2. The van der Waals surface area contributed by atoms with E-state index in [1.165, 1.54) is 23.6 Å². The average Bonchev–Trinajstić information content (AvgIpc) is 3.11. The Morgan fingerprint density at radius 1 is 0.882 bits per heavy atom. The highest BCUT2D eigenvalue weighted by Gasteiger charge is 2.36. The zero-order valence-corrected chi connectivity index (χ0v) is 19.7. The Labute approximate surface area is 202 Å². The molecular weight excluding hydrogens is 442 g/mol. The van der Waals surface area contributed by atoms with Gasteiger partial charge in [0.25, 0.3) is 0 Å². The fraction of sp³-hybridized carbons (Fsp3) is 0.241. The van der Waals surface area contributed by atoms with Gasteiger partial charge in [-0.1, -0.05) is 61.8 Å². The zero-order chi connectivity index (χ0) is 23.7. The first-order chi connectivity index (χ1) is 16.5. The van der Waals surface area contributed by atoms with Crippen LogP contribution >= 0.6 is 0 Å². The number of allylic oxidation sites excluding steroid dienone is 6. The molecule has 3 aliphatic rings. The Kier molecular flexibility index (Phi) is 6.05. The number of carbonyl (C=O) groups is 1. The lowest BCUT2D eigenvalue weighted by Crippen LogP contribution is -2.31. The number of benzene rings is 2. The van der Waals surface area contributed by atoms with Crippen LogP contribution in [-0.2, 0) is 16.2 Å². The molecular formula is C29H27NO3S. The highest BCUT2D eigenvalue weighted by molar-refractivity contribution is 7.85. The van der Waals surface area contributed by atoms with Crippen molar-refractivity contribution in [3.63, 3.8) is 0 Å². The lowest BCUT2D eigenvalue weighted by Gasteiger charge is -2.39. The monoisotopic (exact) mass is 469 g/mol. The molecule has 1 atom stereocenters. The highest BCUT2D eigenvalue weighted by atomic mass is 32.2. The second-order valence-electron chi connectivity index (χ2n) is 9.09. The van der Waals surface area contributed by atoms with Crippen LogP contribution in [0.4, 0.5) is 0 Å². The van der Waals surface area contributed by atoms with Crippen LogP contribution in [0.3, 0.4) is 0 Å². The first-order valence-electron chi connectivity index (χ1n) is 11.7. The molecule has 2 N–H and O–H groups in total. The quantitative estimate of drug-likeness (QED) is 0.529. The topological polar surface area (TPSA) is 78.2 Å². The molecule has 0 heterocycles. The predicted molar refractivity (Wildman–Crippen MR) is 136 cm³/mol. The summed E-state index contributed by atoms with van der Waals surface area (Å²) >= 11 is 0. The zero-order valence-electron chi connectivity index (χ0n) is 18.9. The molecule has 172 valence electrons. The molecule has 0 aliphatic heterocycles. The van der Waals surface area contributed by atoms with Crippen molar-refractivity contribution in [3.8, 4) is 0 Å². The molecule has 1 saturated carbocycles. The third-order valence-electron chi connectivity index (χ3n) is 7.15. The van der Waals surface area contributed by atoms with Crippen molar-refractivity contribution in [2.75, 3.05) is 0 Å². The highest BCUT2D eigenvalue weighted by Crippen LogP contribution is 2.46. The predicted octanol–water partition coefficient (Wildman–Crippen LogP) is 6.61. The summed E-state index contributed by atoms with van der Waals surface area (Å²) in [6.07, 6.45) is 17.4. The minimum atomic E-state index is -1.45. The number of rotatable bonds is 4. The van der Waals surface area contributed by atoms with Crippen molar-refractivity contribution in [1.29, 1.82) is 5.41 Å². The van der Waals surface area contributed by atoms with E-state index in [1.807, 2.05) is 24.3 Å². The number of aliphatic hydroxyl groups is 1. The van der Waals surface area contributed by atoms with E-state index in [0.29, 0.717) is 33.1 Å². The minimum absolute atomic E-state index is 0.0528. The molecule has 1 fully saturated rings. The Balaban J connectivity index is 1.49. The van der Waals surface area contributed by atoms with E-state index >= 15 is 0 Å². The van der Waals surface area contributed by atoms with Crippen molar-refractivity contribution < 1.29 is 14.1 Å². The van der Waals surface area contributed by atoms with Crippen LogP contribution in [-0.4, -0.2) is 20.8 Å². The number of Topliss-reactive ketones (excluding diaryl/α,β-unsaturated/α-hetero) is 1. The van der Waals surface area contributed by atoms with Gasteiger partial charge in [0.2, 0.25) is 5.78 Å². The molecule has 1 unspecified atom stereocenters. The average molecular weight is 470 g/mol. The SMILES string of the molecule is N=C1C=Cc2c(cccc2S(=O)c2ccc(C3(C4=CCC=C(O)C=C4)CCCCC3)cc2)C1=O. The van der Waals surface area contributed by atoms with Crippen LogP contribution in [0.25, 0.3) is 6.08 Å². The van der Waals surface area contributed by atoms with Gasteiger partial charge in [-0.2, -0.15) is 0 Å². The second-order valence-corrected chi connectivity index (χ2v) is 10.5. The summed E-state index contributed by atoms with van der Waals surface area (Å²) in [7, 11) is -1.45. The molecule has 0 spiro atoms. The van der Waals surface area contributed by atoms with E-state index < -0.39 is 10.8 Å². The van der Waals surface area contributed by atoms with Gasteiger partial charge < -0.3 is 5.11 Å². The number of fused-ring (bicyclic) bond motifs is 1. The number of aliphatic hydroxyl groups excluding tert-OH is 1. The summed E-state index contributed by atoms with van der Waals surface area (Å²) in [5, 5.41) is 17.7. The van der Waals surface area contributed by atoms with Gasteiger partial charge in [0, 0.05) is 21.4 Å². The summed E-state index contributed by atoms with van der Waals surface area (Å²) < 4.78 is 13.5. The van der Waals surface area contributed by atoms with Crippen molar-refractivity contribution in [3.05, 3.63) is 101 Å². The summed E-state index contributed by atoms with van der Waals surface area (Å²) in [5.74, 6) is -0.0342. The minimum Gasteiger partial charge on any atom is -0.508 e. The van der Waals surface area contributed by atoms with E-state index in [2.05, 4.69) is 18.2 Å². The van der Waals surface area contributed by atoms with E-state index in [0.717, 1.165) is 25.7 Å². The molecule has 0 amide bonds. The molecule has 0 saturated heterocycles. The maximum absolute atomic E-state index is 13.5. The number of hydrogen-bond donors (Lipinski definition) is 2. The maximum Gasteiger partial charge on any atom is 0.211 e. The molecule has 2 aromatic carbocycles. The molecule has 0 radical (unpaired) electrons. The number of carbonyl (C=O) groups excluding carboxylic acids is 1. The van der Waals surface area contributed by atoms with Crippen LogP contribution in [0.2, 0.25) is 0 Å². The van der Waals surface area contributed by atoms with Crippen LogP contribution in [0.1, 0.15) is 60.0 Å². The Morgan fingerprint density at radius 3 is 2.41 bits per heavy atom. The van der Waals surface area contributed by atoms with Gasteiger partial charge in [-0.25, -0.2) is 4.21 Å². The van der Waals surface area contributed by atoms with Crippen molar-refractivity contribution >= 4 is 28.4 Å². The van der Waals surface area contributed by atoms with Crippen LogP contribution in [0.5, 0.6) is 0 Å². The van der Waals surface area contributed by atoms with Crippen LogP contribution in [0, 0.1) is 5.41 Å². The van der Waals surface area contributed by atoms with Crippen molar-refractivity contribution in [1.82, 2.24) is 0 Å². The first-order valence-corrected chi connectivity index (χ1v) is 12.9. The van der Waals surface area contributed by atoms with E-state index in [1.54, 1.807) is 30.4 Å². The summed E-state index contributed by atoms with van der Waals surface area (Å²) in [6.45, 7) is 0. The third-order valence-corrected chi connectivity index (χ3v) is 8.61. The molecule has 34 heavy (non-hydrogen) atoms. The molecule has 0 aromatic heterocycles. The standard InChI is InChI=1S/C29H27NO3S/c30-26-17-16-24-25(28(26)32)8-5-9-27(24)34(33)23-14-11-21(12-15-23)29(18-2-1-3-19-29)20-6-4-7-22(31)13-10-20/h5-17,30-31H,1-4,18-19H2. The van der Waals surface area contributed by atoms with Gasteiger partial charge >= 0.3 is 0 Å². The molecule has 3 aliphatic carbocycles. The first kappa shape index (κ1) is 22.5. The van der Waals surface area contributed by atoms with E-state index in [4.69, 9.17) is 5.41 Å². The molecule has 4 nitrogen and oxygen atoms in total. The van der Waals surface area contributed by atoms with Crippen molar-refractivity contribution in [2.24, 2.45) is 0 Å².